The highest BCUT2D eigenvalue weighted by atomic mass is 16.3. The number of rotatable bonds is 6. The molecule has 3 heteroatoms. The Bertz CT molecular complexity index is 204. The van der Waals surface area contributed by atoms with E-state index in [2.05, 4.69) is 20.8 Å². The zero-order valence-electron chi connectivity index (χ0n) is 11.7. The number of hydrogen-bond donors (Lipinski definition) is 3. The van der Waals surface area contributed by atoms with Gasteiger partial charge in [0, 0.05) is 18.0 Å². The van der Waals surface area contributed by atoms with Gasteiger partial charge in [0.2, 0.25) is 0 Å². The summed E-state index contributed by atoms with van der Waals surface area (Å²) in [5, 5.41) is 10.6. The van der Waals surface area contributed by atoms with Gasteiger partial charge in [-0.2, -0.15) is 0 Å². The van der Waals surface area contributed by atoms with Crippen molar-refractivity contribution < 1.29 is 5.11 Å². The predicted octanol–water partition coefficient (Wildman–Crippen LogP) is 1.73. The smallest absolute Gasteiger partial charge is 0.0688 e. The standard InChI is InChI=1S/C13H30N2O/c1-7-8(2)9(3)13(6,16)10(4)12(15)11(5)14/h8-12,16H,7,14-15H2,1-6H3. The van der Waals surface area contributed by atoms with Crippen molar-refractivity contribution in [2.45, 2.75) is 65.6 Å². The van der Waals surface area contributed by atoms with Gasteiger partial charge in [-0.3, -0.25) is 0 Å². The summed E-state index contributed by atoms with van der Waals surface area (Å²) < 4.78 is 0. The Labute approximate surface area is 101 Å². The van der Waals surface area contributed by atoms with E-state index < -0.39 is 5.60 Å². The van der Waals surface area contributed by atoms with Gasteiger partial charge in [0.25, 0.3) is 0 Å². The Morgan fingerprint density at radius 2 is 1.50 bits per heavy atom. The van der Waals surface area contributed by atoms with Gasteiger partial charge in [0.15, 0.2) is 0 Å². The lowest BCUT2D eigenvalue weighted by molar-refractivity contribution is -0.0691. The van der Waals surface area contributed by atoms with Crippen molar-refractivity contribution in [1.82, 2.24) is 0 Å². The molecule has 0 rings (SSSR count). The van der Waals surface area contributed by atoms with Crippen LogP contribution in [0.2, 0.25) is 0 Å². The monoisotopic (exact) mass is 230 g/mol. The van der Waals surface area contributed by atoms with Crippen LogP contribution in [0.5, 0.6) is 0 Å². The molecule has 0 aliphatic rings. The summed E-state index contributed by atoms with van der Waals surface area (Å²) in [6, 6.07) is -0.257. The molecule has 6 atom stereocenters. The van der Waals surface area contributed by atoms with Crippen molar-refractivity contribution in [3.05, 3.63) is 0 Å². The maximum absolute atomic E-state index is 10.6. The van der Waals surface area contributed by atoms with Crippen molar-refractivity contribution in [2.24, 2.45) is 29.2 Å². The third-order valence-electron chi connectivity index (χ3n) is 4.53. The third-order valence-corrected chi connectivity index (χ3v) is 4.53. The molecule has 0 amide bonds. The van der Waals surface area contributed by atoms with Crippen molar-refractivity contribution in [1.29, 1.82) is 0 Å². The molecular weight excluding hydrogens is 200 g/mol. The van der Waals surface area contributed by atoms with Crippen LogP contribution in [0.15, 0.2) is 0 Å². The zero-order chi connectivity index (χ0) is 13.1. The Kier molecular flexibility index (Phi) is 5.94. The van der Waals surface area contributed by atoms with Crippen molar-refractivity contribution in [3.8, 4) is 0 Å². The first-order valence-corrected chi connectivity index (χ1v) is 6.39. The zero-order valence-corrected chi connectivity index (χ0v) is 11.7. The predicted molar refractivity (Wildman–Crippen MR) is 70.0 cm³/mol. The van der Waals surface area contributed by atoms with Crippen LogP contribution in [0.25, 0.3) is 0 Å². The average Bonchev–Trinajstić information content (AvgIpc) is 2.24. The van der Waals surface area contributed by atoms with Crippen molar-refractivity contribution in [3.63, 3.8) is 0 Å². The third kappa shape index (κ3) is 3.44. The van der Waals surface area contributed by atoms with Gasteiger partial charge in [-0.25, -0.2) is 0 Å². The largest absolute Gasteiger partial charge is 0.390 e. The van der Waals surface area contributed by atoms with Crippen LogP contribution in [0.3, 0.4) is 0 Å². The lowest BCUT2D eigenvalue weighted by atomic mass is 9.70. The van der Waals surface area contributed by atoms with E-state index in [1.54, 1.807) is 0 Å². The van der Waals surface area contributed by atoms with E-state index in [9.17, 15) is 5.11 Å². The Hall–Kier alpha value is -0.120. The Morgan fingerprint density at radius 1 is 1.06 bits per heavy atom. The first-order valence-electron chi connectivity index (χ1n) is 6.39. The van der Waals surface area contributed by atoms with Crippen molar-refractivity contribution in [2.75, 3.05) is 0 Å². The Morgan fingerprint density at radius 3 is 1.81 bits per heavy atom. The van der Waals surface area contributed by atoms with Crippen LogP contribution < -0.4 is 11.5 Å². The minimum absolute atomic E-state index is 0.00324. The van der Waals surface area contributed by atoms with Crippen LogP contribution >= 0.6 is 0 Å². The van der Waals surface area contributed by atoms with Gasteiger partial charge >= 0.3 is 0 Å². The summed E-state index contributed by atoms with van der Waals surface area (Å²) in [6.45, 7) is 12.2. The van der Waals surface area contributed by atoms with Crippen LogP contribution in [-0.2, 0) is 0 Å². The molecule has 0 bridgehead atoms. The highest BCUT2D eigenvalue weighted by molar-refractivity contribution is 4.93. The lowest BCUT2D eigenvalue weighted by Gasteiger charge is -2.42. The van der Waals surface area contributed by atoms with E-state index in [-0.39, 0.29) is 23.9 Å². The van der Waals surface area contributed by atoms with E-state index in [1.807, 2.05) is 20.8 Å². The first-order chi connectivity index (χ1) is 7.16. The molecule has 0 aromatic rings. The molecule has 6 unspecified atom stereocenters. The molecule has 3 nitrogen and oxygen atoms in total. The maximum Gasteiger partial charge on any atom is 0.0688 e. The van der Waals surface area contributed by atoms with Gasteiger partial charge in [0.1, 0.15) is 0 Å². The van der Waals surface area contributed by atoms with E-state index in [1.165, 1.54) is 0 Å². The molecule has 0 aliphatic heterocycles. The molecule has 0 saturated carbocycles. The van der Waals surface area contributed by atoms with Gasteiger partial charge < -0.3 is 16.6 Å². The number of hydrogen-bond acceptors (Lipinski definition) is 3. The second kappa shape index (κ2) is 5.99. The first kappa shape index (κ1) is 15.9. The molecule has 16 heavy (non-hydrogen) atoms. The van der Waals surface area contributed by atoms with E-state index in [0.29, 0.717) is 5.92 Å². The number of aliphatic hydroxyl groups is 1. The van der Waals surface area contributed by atoms with Gasteiger partial charge in [0.05, 0.1) is 5.60 Å². The molecule has 0 fully saturated rings. The molecule has 0 radical (unpaired) electrons. The SMILES string of the molecule is CCC(C)C(C)C(C)(O)C(C)C(N)C(C)N. The summed E-state index contributed by atoms with van der Waals surface area (Å²) >= 11 is 0. The van der Waals surface area contributed by atoms with Crippen molar-refractivity contribution >= 4 is 0 Å². The normalized spacial score (nSPS) is 25.3. The lowest BCUT2D eigenvalue weighted by Crippen LogP contribution is -2.55. The molecule has 0 aliphatic carbocycles. The van der Waals surface area contributed by atoms with Crippen LogP contribution in [0, 0.1) is 17.8 Å². The highest BCUT2D eigenvalue weighted by Crippen LogP contribution is 2.34. The van der Waals surface area contributed by atoms with E-state index in [0.717, 1.165) is 6.42 Å². The fraction of sp³-hybridized carbons (Fsp3) is 1.00. The summed E-state index contributed by atoms with van der Waals surface area (Å²) in [4.78, 5) is 0. The second-order valence-electron chi connectivity index (χ2n) is 5.63. The van der Waals surface area contributed by atoms with E-state index in [4.69, 9.17) is 11.5 Å². The van der Waals surface area contributed by atoms with Gasteiger partial charge in [-0.05, 0) is 25.7 Å². The minimum atomic E-state index is -0.761. The van der Waals surface area contributed by atoms with Gasteiger partial charge in [-0.1, -0.05) is 34.1 Å². The molecule has 0 aromatic carbocycles. The van der Waals surface area contributed by atoms with Crippen LogP contribution in [0.1, 0.15) is 48.0 Å². The molecular formula is C13H30N2O. The van der Waals surface area contributed by atoms with Crippen LogP contribution in [0.4, 0.5) is 0 Å². The molecule has 0 saturated heterocycles. The molecule has 0 heterocycles. The Balaban J connectivity index is 4.76. The number of nitrogens with two attached hydrogens (primary N) is 2. The van der Waals surface area contributed by atoms with E-state index >= 15 is 0 Å². The summed E-state index contributed by atoms with van der Waals surface area (Å²) in [6.07, 6.45) is 1.07. The molecule has 98 valence electrons. The molecule has 5 N–H and O–H groups in total. The second-order valence-corrected chi connectivity index (χ2v) is 5.63. The highest BCUT2D eigenvalue weighted by Gasteiger charge is 2.40. The minimum Gasteiger partial charge on any atom is -0.390 e. The summed E-state index contributed by atoms with van der Waals surface area (Å²) in [5.41, 5.74) is 11.1. The fourth-order valence-corrected chi connectivity index (χ4v) is 2.19. The van der Waals surface area contributed by atoms with Gasteiger partial charge in [-0.15, -0.1) is 0 Å². The topological polar surface area (TPSA) is 72.3 Å². The maximum atomic E-state index is 10.6. The quantitative estimate of drug-likeness (QED) is 0.650. The average molecular weight is 230 g/mol. The molecule has 0 aromatic heterocycles. The molecule has 0 spiro atoms. The summed E-state index contributed by atoms with van der Waals surface area (Å²) in [7, 11) is 0. The summed E-state index contributed by atoms with van der Waals surface area (Å²) in [5.74, 6) is 0.700. The van der Waals surface area contributed by atoms with Crippen LogP contribution in [-0.4, -0.2) is 22.8 Å². The fourth-order valence-electron chi connectivity index (χ4n) is 2.19.